The standard InChI is InChI=1S/C17H15N3/c1-12-16(13-7-3-2-4-8-13)17(20-19-12)15-10-6-5-9-14(15)11-18/h2-10,12,16,19H,1H3. The van der Waals surface area contributed by atoms with E-state index >= 15 is 0 Å². The second-order valence-corrected chi connectivity index (χ2v) is 4.96. The first kappa shape index (κ1) is 12.4. The van der Waals surface area contributed by atoms with Gasteiger partial charge in [-0.2, -0.15) is 10.4 Å². The fourth-order valence-corrected chi connectivity index (χ4v) is 2.69. The van der Waals surface area contributed by atoms with E-state index in [0.29, 0.717) is 5.56 Å². The molecule has 2 unspecified atom stereocenters. The van der Waals surface area contributed by atoms with Crippen molar-refractivity contribution in [3.8, 4) is 6.07 Å². The molecular weight excluding hydrogens is 246 g/mol. The molecule has 1 heterocycles. The van der Waals surface area contributed by atoms with Crippen LogP contribution in [0.4, 0.5) is 0 Å². The van der Waals surface area contributed by atoms with Crippen LogP contribution >= 0.6 is 0 Å². The lowest BCUT2D eigenvalue weighted by Gasteiger charge is -2.18. The fourth-order valence-electron chi connectivity index (χ4n) is 2.69. The molecule has 2 atom stereocenters. The van der Waals surface area contributed by atoms with E-state index in [-0.39, 0.29) is 12.0 Å². The van der Waals surface area contributed by atoms with Crippen molar-refractivity contribution < 1.29 is 0 Å². The summed E-state index contributed by atoms with van der Waals surface area (Å²) in [6.07, 6.45) is 0. The molecule has 1 aliphatic heterocycles. The lowest BCUT2D eigenvalue weighted by atomic mass is 9.85. The monoisotopic (exact) mass is 261 g/mol. The summed E-state index contributed by atoms with van der Waals surface area (Å²) in [6.45, 7) is 2.11. The van der Waals surface area contributed by atoms with Crippen molar-refractivity contribution >= 4 is 5.71 Å². The van der Waals surface area contributed by atoms with Gasteiger partial charge in [0.15, 0.2) is 0 Å². The molecule has 0 aromatic heterocycles. The molecule has 0 bridgehead atoms. The molecule has 0 fully saturated rings. The van der Waals surface area contributed by atoms with Crippen LogP contribution in [0.1, 0.15) is 29.5 Å². The Labute approximate surface area is 118 Å². The van der Waals surface area contributed by atoms with Gasteiger partial charge in [-0.25, -0.2) is 0 Å². The molecule has 3 nitrogen and oxygen atoms in total. The molecule has 98 valence electrons. The van der Waals surface area contributed by atoms with Gasteiger partial charge in [0.2, 0.25) is 0 Å². The third-order valence-corrected chi connectivity index (χ3v) is 3.67. The predicted octanol–water partition coefficient (Wildman–Crippen LogP) is 3.04. The number of rotatable bonds is 2. The molecular formula is C17H15N3. The van der Waals surface area contributed by atoms with Crippen molar-refractivity contribution in [1.82, 2.24) is 5.43 Å². The average molecular weight is 261 g/mol. The first-order chi connectivity index (χ1) is 9.81. The highest BCUT2D eigenvalue weighted by atomic mass is 15.3. The maximum atomic E-state index is 9.28. The summed E-state index contributed by atoms with van der Waals surface area (Å²) in [6, 6.07) is 20.4. The summed E-state index contributed by atoms with van der Waals surface area (Å²) in [4.78, 5) is 0. The van der Waals surface area contributed by atoms with Gasteiger partial charge < -0.3 is 5.43 Å². The largest absolute Gasteiger partial charge is 0.306 e. The minimum atomic E-state index is 0.172. The zero-order valence-corrected chi connectivity index (χ0v) is 11.2. The lowest BCUT2D eigenvalue weighted by molar-refractivity contribution is 0.589. The van der Waals surface area contributed by atoms with Crippen molar-refractivity contribution in [2.45, 2.75) is 18.9 Å². The highest BCUT2D eigenvalue weighted by molar-refractivity contribution is 6.08. The van der Waals surface area contributed by atoms with Gasteiger partial charge in [-0.1, -0.05) is 48.5 Å². The molecule has 1 aliphatic rings. The molecule has 3 heteroatoms. The van der Waals surface area contributed by atoms with E-state index < -0.39 is 0 Å². The Bertz CT molecular complexity index is 683. The molecule has 0 radical (unpaired) electrons. The van der Waals surface area contributed by atoms with Crippen LogP contribution in [0.3, 0.4) is 0 Å². The Balaban J connectivity index is 2.07. The van der Waals surface area contributed by atoms with E-state index in [0.717, 1.165) is 11.3 Å². The second kappa shape index (κ2) is 5.18. The summed E-state index contributed by atoms with van der Waals surface area (Å²) in [7, 11) is 0. The Hall–Kier alpha value is -2.60. The van der Waals surface area contributed by atoms with Gasteiger partial charge in [-0.05, 0) is 18.6 Å². The van der Waals surface area contributed by atoms with Crippen LogP contribution < -0.4 is 5.43 Å². The summed E-state index contributed by atoms with van der Waals surface area (Å²) < 4.78 is 0. The van der Waals surface area contributed by atoms with E-state index in [1.165, 1.54) is 5.56 Å². The lowest BCUT2D eigenvalue weighted by Crippen LogP contribution is -2.25. The van der Waals surface area contributed by atoms with Crippen molar-refractivity contribution in [2.24, 2.45) is 5.10 Å². The van der Waals surface area contributed by atoms with Gasteiger partial charge in [0.25, 0.3) is 0 Å². The van der Waals surface area contributed by atoms with E-state index in [9.17, 15) is 5.26 Å². The third-order valence-electron chi connectivity index (χ3n) is 3.67. The van der Waals surface area contributed by atoms with Crippen LogP contribution in [0.5, 0.6) is 0 Å². The first-order valence-electron chi connectivity index (χ1n) is 6.69. The Morgan fingerprint density at radius 3 is 2.50 bits per heavy atom. The van der Waals surface area contributed by atoms with Gasteiger partial charge in [0.1, 0.15) is 0 Å². The van der Waals surface area contributed by atoms with Crippen LogP contribution in [-0.2, 0) is 0 Å². The van der Waals surface area contributed by atoms with Crippen LogP contribution in [0.25, 0.3) is 0 Å². The molecule has 20 heavy (non-hydrogen) atoms. The summed E-state index contributed by atoms with van der Waals surface area (Å²) in [5.41, 5.74) is 6.90. The van der Waals surface area contributed by atoms with E-state index in [1.54, 1.807) is 0 Å². The van der Waals surface area contributed by atoms with E-state index in [2.05, 4.69) is 35.7 Å². The van der Waals surface area contributed by atoms with Crippen LogP contribution in [0.15, 0.2) is 59.7 Å². The highest BCUT2D eigenvalue weighted by Gasteiger charge is 2.31. The molecule has 0 spiro atoms. The SMILES string of the molecule is CC1NN=C(c2ccccc2C#N)C1c1ccccc1. The average Bonchev–Trinajstić information content (AvgIpc) is 2.89. The summed E-state index contributed by atoms with van der Waals surface area (Å²) >= 11 is 0. The minimum Gasteiger partial charge on any atom is -0.306 e. The predicted molar refractivity (Wildman–Crippen MR) is 79.5 cm³/mol. The highest BCUT2D eigenvalue weighted by Crippen LogP contribution is 2.29. The van der Waals surface area contributed by atoms with E-state index in [4.69, 9.17) is 0 Å². The van der Waals surface area contributed by atoms with Gasteiger partial charge in [-0.15, -0.1) is 0 Å². The molecule has 2 aromatic carbocycles. The second-order valence-electron chi connectivity index (χ2n) is 4.96. The molecule has 0 aliphatic carbocycles. The van der Waals surface area contributed by atoms with Gasteiger partial charge in [0.05, 0.1) is 29.3 Å². The van der Waals surface area contributed by atoms with Crippen molar-refractivity contribution in [1.29, 1.82) is 5.26 Å². The number of hydrazone groups is 1. The van der Waals surface area contributed by atoms with Crippen molar-refractivity contribution in [3.63, 3.8) is 0 Å². The Kier molecular flexibility index (Phi) is 3.22. The number of benzene rings is 2. The number of nitriles is 1. The van der Waals surface area contributed by atoms with Gasteiger partial charge in [0, 0.05) is 5.56 Å². The molecule has 3 rings (SSSR count). The maximum Gasteiger partial charge on any atom is 0.0998 e. The quantitative estimate of drug-likeness (QED) is 0.903. The number of nitrogens with one attached hydrogen (secondary N) is 1. The minimum absolute atomic E-state index is 0.172. The molecule has 1 N–H and O–H groups in total. The normalized spacial score (nSPS) is 20.9. The number of hydrogen-bond donors (Lipinski definition) is 1. The summed E-state index contributed by atoms with van der Waals surface area (Å²) in [5, 5.41) is 13.7. The number of nitrogens with zero attached hydrogens (tertiary/aromatic N) is 2. The van der Waals surface area contributed by atoms with E-state index in [1.807, 2.05) is 42.5 Å². The topological polar surface area (TPSA) is 48.2 Å². The van der Waals surface area contributed by atoms with Gasteiger partial charge >= 0.3 is 0 Å². The first-order valence-corrected chi connectivity index (χ1v) is 6.69. The summed E-state index contributed by atoms with van der Waals surface area (Å²) in [5.74, 6) is 0.172. The molecule has 0 amide bonds. The number of hydrogen-bond acceptors (Lipinski definition) is 3. The molecule has 0 saturated heterocycles. The Morgan fingerprint density at radius 2 is 1.75 bits per heavy atom. The van der Waals surface area contributed by atoms with Crippen LogP contribution in [0, 0.1) is 11.3 Å². The Morgan fingerprint density at radius 1 is 1.05 bits per heavy atom. The third kappa shape index (κ3) is 2.06. The fraction of sp³-hybridized carbons (Fsp3) is 0.176. The van der Waals surface area contributed by atoms with Gasteiger partial charge in [-0.3, -0.25) is 0 Å². The molecule has 0 saturated carbocycles. The zero-order chi connectivity index (χ0) is 13.9. The smallest absolute Gasteiger partial charge is 0.0998 e. The van der Waals surface area contributed by atoms with Crippen molar-refractivity contribution in [3.05, 3.63) is 71.3 Å². The maximum absolute atomic E-state index is 9.28. The van der Waals surface area contributed by atoms with Crippen molar-refractivity contribution in [2.75, 3.05) is 0 Å². The zero-order valence-electron chi connectivity index (χ0n) is 11.2. The van der Waals surface area contributed by atoms with Crippen LogP contribution in [-0.4, -0.2) is 11.8 Å². The molecule has 2 aromatic rings. The van der Waals surface area contributed by atoms with Crippen LogP contribution in [0.2, 0.25) is 0 Å².